The van der Waals surface area contributed by atoms with E-state index in [4.69, 9.17) is 9.47 Å². The number of nitrogens with zero attached hydrogens (tertiary/aromatic N) is 3. The second kappa shape index (κ2) is 8.29. The van der Waals surface area contributed by atoms with Gasteiger partial charge in [-0.1, -0.05) is 27.7 Å². The largest absolute Gasteiger partial charge is 0.459 e. The van der Waals surface area contributed by atoms with Gasteiger partial charge in [0.05, 0.1) is 18.9 Å². The van der Waals surface area contributed by atoms with Crippen molar-refractivity contribution in [3.05, 3.63) is 16.7 Å². The predicted octanol–water partition coefficient (Wildman–Crippen LogP) is 0.562. The maximum Gasteiger partial charge on any atom is 0.308 e. The molecule has 0 bridgehead atoms. The number of hydrogen-bond acceptors (Lipinski definition) is 8. The first-order chi connectivity index (χ1) is 13.7. The van der Waals surface area contributed by atoms with Crippen LogP contribution in [0, 0.1) is 11.8 Å². The maximum absolute atomic E-state index is 12.3. The Hall–Kier alpha value is -2.79. The van der Waals surface area contributed by atoms with Gasteiger partial charge >= 0.3 is 5.97 Å². The van der Waals surface area contributed by atoms with Gasteiger partial charge in [-0.2, -0.15) is 4.98 Å². The number of anilines is 1. The van der Waals surface area contributed by atoms with E-state index in [1.54, 1.807) is 27.7 Å². The van der Waals surface area contributed by atoms with Crippen molar-refractivity contribution in [2.24, 2.45) is 11.8 Å². The topological polar surface area (TPSA) is 148 Å². The van der Waals surface area contributed by atoms with Gasteiger partial charge in [0.25, 0.3) is 5.56 Å². The zero-order valence-electron chi connectivity index (χ0n) is 16.7. The molecule has 0 aromatic carbocycles. The quantitative estimate of drug-likeness (QED) is 0.588. The fourth-order valence-electron chi connectivity index (χ4n) is 2.90. The Morgan fingerprint density at radius 3 is 2.72 bits per heavy atom. The van der Waals surface area contributed by atoms with Crippen LogP contribution in [0.5, 0.6) is 0 Å². The van der Waals surface area contributed by atoms with Crippen LogP contribution < -0.4 is 10.9 Å². The third-order valence-electron chi connectivity index (χ3n) is 4.61. The van der Waals surface area contributed by atoms with Crippen molar-refractivity contribution in [3.63, 3.8) is 0 Å². The molecule has 2 aromatic rings. The molecule has 3 rings (SSSR count). The van der Waals surface area contributed by atoms with Crippen LogP contribution in [0.1, 0.15) is 40.3 Å². The fourth-order valence-corrected chi connectivity index (χ4v) is 2.90. The van der Waals surface area contributed by atoms with Gasteiger partial charge in [0.1, 0.15) is 18.4 Å². The molecule has 1 fully saturated rings. The molecule has 29 heavy (non-hydrogen) atoms. The molecule has 3 heterocycles. The van der Waals surface area contributed by atoms with E-state index in [1.165, 1.54) is 10.9 Å². The summed E-state index contributed by atoms with van der Waals surface area (Å²) in [5, 5.41) is 12.1. The predicted molar refractivity (Wildman–Crippen MR) is 102 cm³/mol. The molecular formula is C18H25N5O6. The number of carbonyl (C=O) groups excluding carboxylic acids is 2. The summed E-state index contributed by atoms with van der Waals surface area (Å²) in [5.74, 6) is -1.28. The lowest BCUT2D eigenvalue weighted by Gasteiger charge is -2.17. The number of hydrogen-bond donors (Lipinski definition) is 3. The molecule has 1 aliphatic heterocycles. The Morgan fingerprint density at radius 2 is 2.10 bits per heavy atom. The number of amides is 1. The third kappa shape index (κ3) is 4.30. The van der Waals surface area contributed by atoms with Crippen LogP contribution in [0.3, 0.4) is 0 Å². The Kier molecular flexibility index (Phi) is 5.99. The highest BCUT2D eigenvalue weighted by molar-refractivity contribution is 5.91. The normalized spacial score (nSPS) is 21.8. The minimum absolute atomic E-state index is 0.00226. The highest BCUT2D eigenvalue weighted by Gasteiger charge is 2.39. The van der Waals surface area contributed by atoms with E-state index in [0.29, 0.717) is 0 Å². The minimum Gasteiger partial charge on any atom is -0.459 e. The lowest BCUT2D eigenvalue weighted by Crippen LogP contribution is -2.31. The molecule has 3 N–H and O–H groups in total. The minimum atomic E-state index is -0.706. The SMILES string of the molecule is CC(C)C(=O)Nc1nc2c(ncn2[C@@H]2C[C@H](OC(=O)C(C)C)[C@@H](CO)O2)c(=O)[nH]1. The first kappa shape index (κ1) is 20.9. The van der Waals surface area contributed by atoms with E-state index in [-0.39, 0.29) is 53.9 Å². The highest BCUT2D eigenvalue weighted by Crippen LogP contribution is 2.32. The third-order valence-corrected chi connectivity index (χ3v) is 4.61. The summed E-state index contributed by atoms with van der Waals surface area (Å²) in [7, 11) is 0. The number of aromatic amines is 1. The van der Waals surface area contributed by atoms with Crippen molar-refractivity contribution in [1.29, 1.82) is 0 Å². The average molecular weight is 407 g/mol. The average Bonchev–Trinajstić information content (AvgIpc) is 3.25. The Balaban J connectivity index is 1.89. The summed E-state index contributed by atoms with van der Waals surface area (Å²) >= 11 is 0. The number of fused-ring (bicyclic) bond motifs is 1. The van der Waals surface area contributed by atoms with Crippen molar-refractivity contribution in [3.8, 4) is 0 Å². The fraction of sp³-hybridized carbons (Fsp3) is 0.611. The van der Waals surface area contributed by atoms with Crippen LogP contribution in [0.4, 0.5) is 5.95 Å². The van der Waals surface area contributed by atoms with Crippen LogP contribution >= 0.6 is 0 Å². The Bertz CT molecular complexity index is 965. The summed E-state index contributed by atoms with van der Waals surface area (Å²) in [6.45, 7) is 6.54. The first-order valence-electron chi connectivity index (χ1n) is 9.45. The molecule has 11 nitrogen and oxygen atoms in total. The summed E-state index contributed by atoms with van der Waals surface area (Å²) in [4.78, 5) is 47.0. The van der Waals surface area contributed by atoms with E-state index in [1.807, 2.05) is 0 Å². The van der Waals surface area contributed by atoms with Crippen molar-refractivity contribution in [2.75, 3.05) is 11.9 Å². The second-order valence-corrected chi connectivity index (χ2v) is 7.56. The lowest BCUT2D eigenvalue weighted by molar-refractivity contribution is -0.156. The molecule has 11 heteroatoms. The number of aromatic nitrogens is 4. The van der Waals surface area contributed by atoms with Crippen molar-refractivity contribution in [1.82, 2.24) is 19.5 Å². The zero-order valence-corrected chi connectivity index (χ0v) is 16.7. The van der Waals surface area contributed by atoms with E-state index in [2.05, 4.69) is 20.3 Å². The molecule has 0 spiro atoms. The zero-order chi connectivity index (χ0) is 21.3. The van der Waals surface area contributed by atoms with Gasteiger partial charge in [-0.3, -0.25) is 29.3 Å². The molecule has 1 amide bonds. The molecule has 3 atom stereocenters. The smallest absolute Gasteiger partial charge is 0.308 e. The number of nitrogens with one attached hydrogen (secondary N) is 2. The van der Waals surface area contributed by atoms with Gasteiger partial charge in [0.2, 0.25) is 11.9 Å². The van der Waals surface area contributed by atoms with Gasteiger partial charge in [0.15, 0.2) is 11.2 Å². The second-order valence-electron chi connectivity index (χ2n) is 7.56. The molecule has 158 valence electrons. The monoisotopic (exact) mass is 407 g/mol. The molecule has 2 aromatic heterocycles. The summed E-state index contributed by atoms with van der Waals surface area (Å²) < 4.78 is 12.8. The Labute approximate surface area is 166 Å². The van der Waals surface area contributed by atoms with Crippen molar-refractivity contribution in [2.45, 2.75) is 52.6 Å². The summed E-state index contributed by atoms with van der Waals surface area (Å²) in [6, 6.07) is 0. The van der Waals surface area contributed by atoms with E-state index in [0.717, 1.165) is 0 Å². The lowest BCUT2D eigenvalue weighted by atomic mass is 10.1. The van der Waals surface area contributed by atoms with Crippen molar-refractivity contribution < 1.29 is 24.2 Å². The van der Waals surface area contributed by atoms with Gasteiger partial charge in [0, 0.05) is 12.3 Å². The number of imidazole rings is 1. The van der Waals surface area contributed by atoms with Gasteiger partial charge in [-0.25, -0.2) is 4.98 Å². The molecule has 0 unspecified atom stereocenters. The number of aliphatic hydroxyl groups excluding tert-OH is 1. The van der Waals surface area contributed by atoms with Crippen LogP contribution in [0.2, 0.25) is 0 Å². The van der Waals surface area contributed by atoms with Gasteiger partial charge in [-0.15, -0.1) is 0 Å². The number of ether oxygens (including phenoxy) is 2. The number of H-pyrrole nitrogens is 1. The number of rotatable bonds is 6. The van der Waals surface area contributed by atoms with E-state index >= 15 is 0 Å². The molecular weight excluding hydrogens is 382 g/mol. The number of esters is 1. The van der Waals surface area contributed by atoms with Crippen molar-refractivity contribution >= 4 is 29.0 Å². The van der Waals surface area contributed by atoms with Gasteiger partial charge < -0.3 is 14.6 Å². The first-order valence-corrected chi connectivity index (χ1v) is 9.45. The number of carbonyl (C=O) groups is 2. The molecule has 0 aliphatic carbocycles. The molecule has 1 saturated heterocycles. The summed E-state index contributed by atoms with van der Waals surface area (Å²) in [6.07, 6.45) is -0.337. The van der Waals surface area contributed by atoms with Crippen LogP contribution in [0.15, 0.2) is 11.1 Å². The standard InChI is InChI=1S/C18H25N5O6/c1-8(2)15(25)21-18-20-14-13(16(26)22-18)19-7-23(14)12-5-10(11(6-24)28-12)29-17(27)9(3)4/h7-12,24H,5-6H2,1-4H3,(H2,20,21,22,25,26)/t10-,11+,12-/m0/s1. The molecule has 0 saturated carbocycles. The van der Waals surface area contributed by atoms with Gasteiger partial charge in [-0.05, 0) is 0 Å². The van der Waals surface area contributed by atoms with E-state index in [9.17, 15) is 19.5 Å². The van der Waals surface area contributed by atoms with Crippen LogP contribution in [-0.4, -0.2) is 55.3 Å². The summed E-state index contributed by atoms with van der Waals surface area (Å²) in [5.41, 5.74) is -0.211. The molecule has 0 radical (unpaired) electrons. The maximum atomic E-state index is 12.3. The van der Waals surface area contributed by atoms with Crippen LogP contribution in [-0.2, 0) is 19.1 Å². The van der Waals surface area contributed by atoms with E-state index < -0.39 is 24.0 Å². The van der Waals surface area contributed by atoms with Crippen LogP contribution in [0.25, 0.3) is 11.2 Å². The Morgan fingerprint density at radius 1 is 1.38 bits per heavy atom. The number of aliphatic hydroxyl groups is 1. The molecule has 1 aliphatic rings. The highest BCUT2D eigenvalue weighted by atomic mass is 16.6.